The van der Waals surface area contributed by atoms with Crippen LogP contribution in [0.5, 0.6) is 0 Å². The molecule has 23 heavy (non-hydrogen) atoms. The lowest BCUT2D eigenvalue weighted by Crippen LogP contribution is -2.41. The zero-order valence-electron chi connectivity index (χ0n) is 14.7. The highest BCUT2D eigenvalue weighted by Gasteiger charge is 2.51. The van der Waals surface area contributed by atoms with Gasteiger partial charge in [-0.3, -0.25) is 4.90 Å². The van der Waals surface area contributed by atoms with E-state index in [1.165, 1.54) is 25.3 Å². The van der Waals surface area contributed by atoms with E-state index in [9.17, 15) is 4.39 Å². The summed E-state index contributed by atoms with van der Waals surface area (Å²) in [5.74, 6) is -0.218. The summed E-state index contributed by atoms with van der Waals surface area (Å²) in [6.45, 7) is 11.1. The molecule has 3 nitrogen and oxygen atoms in total. The molecule has 2 fully saturated rings. The average molecular weight is 319 g/mol. The smallest absolute Gasteiger partial charge is 0.399 e. The summed E-state index contributed by atoms with van der Waals surface area (Å²) >= 11 is 0. The van der Waals surface area contributed by atoms with Crippen molar-refractivity contribution in [3.05, 3.63) is 29.6 Å². The van der Waals surface area contributed by atoms with Crippen molar-refractivity contribution in [2.45, 2.75) is 64.7 Å². The first kappa shape index (κ1) is 16.9. The molecule has 0 unspecified atom stereocenters. The Balaban J connectivity index is 1.78. The van der Waals surface area contributed by atoms with Crippen molar-refractivity contribution >= 4 is 12.6 Å². The van der Waals surface area contributed by atoms with Crippen LogP contribution in [0.2, 0.25) is 0 Å². The molecular weight excluding hydrogens is 292 g/mol. The van der Waals surface area contributed by atoms with E-state index in [1.54, 1.807) is 6.07 Å². The van der Waals surface area contributed by atoms with E-state index in [1.807, 2.05) is 33.8 Å². The minimum Gasteiger partial charge on any atom is -0.399 e. The van der Waals surface area contributed by atoms with Crippen LogP contribution >= 0.6 is 0 Å². The fourth-order valence-electron chi connectivity index (χ4n) is 3.26. The molecule has 2 aliphatic rings. The Morgan fingerprint density at radius 2 is 1.61 bits per heavy atom. The van der Waals surface area contributed by atoms with Crippen LogP contribution in [0.1, 0.15) is 52.5 Å². The molecule has 2 heterocycles. The lowest BCUT2D eigenvalue weighted by Gasteiger charge is -2.32. The van der Waals surface area contributed by atoms with Gasteiger partial charge in [0.1, 0.15) is 5.82 Å². The second-order valence-electron chi connectivity index (χ2n) is 7.82. The number of piperidine rings is 1. The zero-order valence-corrected chi connectivity index (χ0v) is 14.7. The summed E-state index contributed by atoms with van der Waals surface area (Å²) in [7, 11) is -0.504. The third-order valence-electron chi connectivity index (χ3n) is 5.36. The Morgan fingerprint density at radius 3 is 2.22 bits per heavy atom. The minimum atomic E-state index is -0.504. The van der Waals surface area contributed by atoms with Crippen LogP contribution in [0.3, 0.4) is 0 Å². The van der Waals surface area contributed by atoms with E-state index in [0.29, 0.717) is 0 Å². The van der Waals surface area contributed by atoms with Crippen molar-refractivity contribution < 1.29 is 13.7 Å². The fraction of sp³-hybridized carbons (Fsp3) is 0.667. The van der Waals surface area contributed by atoms with Gasteiger partial charge in [-0.05, 0) is 76.8 Å². The molecule has 3 rings (SSSR count). The van der Waals surface area contributed by atoms with Crippen LogP contribution < -0.4 is 5.46 Å². The average Bonchev–Trinajstić information content (AvgIpc) is 2.68. The predicted molar refractivity (Wildman–Crippen MR) is 91.2 cm³/mol. The molecule has 5 heteroatoms. The normalized spacial score (nSPS) is 24.1. The molecule has 0 atom stereocenters. The van der Waals surface area contributed by atoms with Crippen LogP contribution in [0.15, 0.2) is 18.2 Å². The van der Waals surface area contributed by atoms with Crippen molar-refractivity contribution in [3.63, 3.8) is 0 Å². The Hall–Kier alpha value is -0.905. The Kier molecular flexibility index (Phi) is 4.56. The van der Waals surface area contributed by atoms with E-state index in [2.05, 4.69) is 4.90 Å². The molecule has 2 saturated heterocycles. The van der Waals surface area contributed by atoms with Crippen molar-refractivity contribution in [2.24, 2.45) is 0 Å². The maximum Gasteiger partial charge on any atom is 0.494 e. The van der Waals surface area contributed by atoms with E-state index in [4.69, 9.17) is 9.31 Å². The topological polar surface area (TPSA) is 21.7 Å². The maximum atomic E-state index is 14.1. The molecule has 1 aromatic carbocycles. The summed E-state index contributed by atoms with van der Waals surface area (Å²) in [5, 5.41) is 0. The molecule has 1 aromatic rings. The first-order chi connectivity index (χ1) is 10.8. The molecule has 126 valence electrons. The van der Waals surface area contributed by atoms with Crippen molar-refractivity contribution in [2.75, 3.05) is 13.1 Å². The summed E-state index contributed by atoms with van der Waals surface area (Å²) in [6, 6.07) is 5.19. The summed E-state index contributed by atoms with van der Waals surface area (Å²) in [5.41, 5.74) is 0.959. The maximum absolute atomic E-state index is 14.1. The molecule has 0 aromatic heterocycles. The second kappa shape index (κ2) is 6.19. The predicted octanol–water partition coefficient (Wildman–Crippen LogP) is 3.11. The number of halogens is 1. The van der Waals surface area contributed by atoms with E-state index in [0.717, 1.165) is 30.7 Å². The molecule has 2 aliphatic heterocycles. The quantitative estimate of drug-likeness (QED) is 0.799. The highest BCUT2D eigenvalue weighted by Crippen LogP contribution is 2.36. The van der Waals surface area contributed by atoms with Crippen LogP contribution in [0.4, 0.5) is 4.39 Å². The van der Waals surface area contributed by atoms with Gasteiger partial charge in [0.15, 0.2) is 0 Å². The van der Waals surface area contributed by atoms with Gasteiger partial charge in [0.25, 0.3) is 0 Å². The monoisotopic (exact) mass is 319 g/mol. The largest absolute Gasteiger partial charge is 0.494 e. The Bertz CT molecular complexity index is 554. The highest BCUT2D eigenvalue weighted by atomic mass is 19.1. The van der Waals surface area contributed by atoms with Crippen molar-refractivity contribution in [1.29, 1.82) is 0 Å². The number of nitrogens with zero attached hydrogens (tertiary/aromatic N) is 1. The fourth-order valence-corrected chi connectivity index (χ4v) is 3.26. The van der Waals surface area contributed by atoms with Crippen LogP contribution in [0.25, 0.3) is 0 Å². The molecule has 0 amide bonds. The first-order valence-electron chi connectivity index (χ1n) is 8.64. The first-order valence-corrected chi connectivity index (χ1v) is 8.64. The summed E-state index contributed by atoms with van der Waals surface area (Å²) in [6.07, 6.45) is 3.78. The summed E-state index contributed by atoms with van der Waals surface area (Å²) in [4.78, 5) is 2.40. The second-order valence-corrected chi connectivity index (χ2v) is 7.82. The van der Waals surface area contributed by atoms with Gasteiger partial charge in [0.05, 0.1) is 11.2 Å². The van der Waals surface area contributed by atoms with E-state index in [-0.39, 0.29) is 5.82 Å². The third-order valence-corrected chi connectivity index (χ3v) is 5.36. The standard InChI is InChI=1S/C18H27BFNO2/c1-17(2)18(3,4)23-19(22-17)15-10-14(11-16(20)12-15)13-21-8-6-5-7-9-21/h10-12H,5-9,13H2,1-4H3. The molecule has 0 bridgehead atoms. The lowest BCUT2D eigenvalue weighted by molar-refractivity contribution is 0.00578. The molecular formula is C18H27BFNO2. The van der Waals surface area contributed by atoms with Gasteiger partial charge >= 0.3 is 7.12 Å². The van der Waals surface area contributed by atoms with E-state index >= 15 is 0 Å². The van der Waals surface area contributed by atoms with Gasteiger partial charge in [0, 0.05) is 6.54 Å². The molecule has 0 N–H and O–H groups in total. The van der Waals surface area contributed by atoms with Gasteiger partial charge in [-0.25, -0.2) is 4.39 Å². The number of likely N-dealkylation sites (tertiary alicyclic amines) is 1. The van der Waals surface area contributed by atoms with E-state index < -0.39 is 18.3 Å². The molecule has 0 aliphatic carbocycles. The van der Waals surface area contributed by atoms with Crippen LogP contribution in [-0.2, 0) is 15.9 Å². The zero-order chi connectivity index (χ0) is 16.7. The number of benzene rings is 1. The SMILES string of the molecule is CC1(C)OB(c2cc(F)cc(CN3CCCCC3)c2)OC1(C)C. The van der Waals surface area contributed by atoms with Gasteiger partial charge in [-0.1, -0.05) is 12.5 Å². The number of rotatable bonds is 3. The van der Waals surface area contributed by atoms with Gasteiger partial charge in [-0.2, -0.15) is 0 Å². The number of hydrogen-bond donors (Lipinski definition) is 0. The van der Waals surface area contributed by atoms with Crippen LogP contribution in [0, 0.1) is 5.82 Å². The summed E-state index contributed by atoms with van der Waals surface area (Å²) < 4.78 is 26.2. The lowest BCUT2D eigenvalue weighted by atomic mass is 9.78. The van der Waals surface area contributed by atoms with Gasteiger partial charge in [0.2, 0.25) is 0 Å². The molecule has 0 spiro atoms. The number of hydrogen-bond acceptors (Lipinski definition) is 3. The Labute approximate surface area is 139 Å². The van der Waals surface area contributed by atoms with Gasteiger partial charge in [-0.15, -0.1) is 0 Å². The highest BCUT2D eigenvalue weighted by molar-refractivity contribution is 6.62. The van der Waals surface area contributed by atoms with Gasteiger partial charge < -0.3 is 9.31 Å². The van der Waals surface area contributed by atoms with Crippen LogP contribution in [-0.4, -0.2) is 36.3 Å². The Morgan fingerprint density at radius 1 is 1.00 bits per heavy atom. The van der Waals surface area contributed by atoms with Crippen molar-refractivity contribution in [1.82, 2.24) is 4.90 Å². The minimum absolute atomic E-state index is 0.218. The molecule has 0 saturated carbocycles. The molecule has 0 radical (unpaired) electrons. The third kappa shape index (κ3) is 3.62. The van der Waals surface area contributed by atoms with Crippen molar-refractivity contribution in [3.8, 4) is 0 Å².